The fourth-order valence-electron chi connectivity index (χ4n) is 5.13. The van der Waals surface area contributed by atoms with Gasteiger partial charge in [0.2, 0.25) is 0 Å². The summed E-state index contributed by atoms with van der Waals surface area (Å²) in [7, 11) is 0. The molecule has 0 saturated carbocycles. The zero-order valence-corrected chi connectivity index (χ0v) is 19.8. The molecule has 4 saturated heterocycles. The lowest BCUT2D eigenvalue weighted by atomic mass is 9.99. The molecule has 7 N–H and O–H groups in total. The van der Waals surface area contributed by atoms with Crippen LogP contribution in [0.4, 0.5) is 9.59 Å². The number of hydrogen-bond donors (Lipinski definition) is 7. The first-order valence-electron chi connectivity index (χ1n) is 11.4. The number of thioether (sulfide) groups is 2. The van der Waals surface area contributed by atoms with Crippen molar-refractivity contribution in [3.05, 3.63) is 0 Å². The maximum absolute atomic E-state index is 11.8. The normalized spacial score (nSPS) is 33.9. The first-order valence-corrected chi connectivity index (χ1v) is 13.5. The fourth-order valence-corrected chi connectivity index (χ4v) is 8.22. The molecule has 4 amide bonds. The summed E-state index contributed by atoms with van der Waals surface area (Å²) in [5.74, 6) is -0.418. The molecule has 2 unspecified atom stereocenters. The lowest BCUT2D eigenvalue weighted by Gasteiger charge is -2.22. The van der Waals surface area contributed by atoms with E-state index < -0.39 is 24.0 Å². The topological polar surface area (TPSA) is 169 Å². The van der Waals surface area contributed by atoms with E-state index in [-0.39, 0.29) is 46.7 Å². The van der Waals surface area contributed by atoms with Crippen LogP contribution in [0, 0.1) is 0 Å². The highest BCUT2D eigenvalue weighted by Gasteiger charge is 2.43. The van der Waals surface area contributed by atoms with Gasteiger partial charge in [-0.1, -0.05) is 12.8 Å². The van der Waals surface area contributed by atoms with Crippen LogP contribution < -0.4 is 26.6 Å². The second-order valence-electron chi connectivity index (χ2n) is 9.05. The predicted octanol–water partition coefficient (Wildman–Crippen LogP) is 0.154. The maximum atomic E-state index is 11.8. The Hall–Kier alpha value is -1.86. The zero-order valence-electron chi connectivity index (χ0n) is 18.1. The monoisotopic (exact) mass is 501 g/mol. The maximum Gasteiger partial charge on any atom is 0.320 e. The summed E-state index contributed by atoms with van der Waals surface area (Å²) < 4.78 is 0. The van der Waals surface area contributed by atoms with Crippen molar-refractivity contribution >= 4 is 47.5 Å². The largest absolute Gasteiger partial charge is 0.480 e. The van der Waals surface area contributed by atoms with Gasteiger partial charge in [-0.25, -0.2) is 9.59 Å². The van der Waals surface area contributed by atoms with Crippen LogP contribution in [0.25, 0.3) is 0 Å². The Morgan fingerprint density at radius 3 is 1.64 bits per heavy atom. The molecular weight excluding hydrogens is 470 g/mol. The minimum absolute atomic E-state index is 0.0680. The fraction of sp³-hybridized carbons (Fsp3) is 0.800. The van der Waals surface area contributed by atoms with Gasteiger partial charge in [0.15, 0.2) is 0 Å². The van der Waals surface area contributed by atoms with Crippen molar-refractivity contribution in [2.75, 3.05) is 11.5 Å². The van der Waals surface area contributed by atoms with Gasteiger partial charge in [0, 0.05) is 22.0 Å². The van der Waals surface area contributed by atoms with Crippen LogP contribution in [0.5, 0.6) is 0 Å². The number of carboxylic acid groups (broad SMARTS) is 2. The zero-order chi connectivity index (χ0) is 23.5. The second kappa shape index (κ2) is 10.6. The van der Waals surface area contributed by atoms with E-state index >= 15 is 0 Å². The van der Waals surface area contributed by atoms with Crippen molar-refractivity contribution in [3.63, 3.8) is 0 Å². The van der Waals surface area contributed by atoms with Crippen LogP contribution in [-0.4, -0.2) is 92.5 Å². The highest BCUT2D eigenvalue weighted by Crippen LogP contribution is 2.34. The standard InChI is InChI=1S/C20H31N5O6S2/c26-17(27)9(3-1-5-13-15-11(7-32-13)22-19(30)24-15)21-10(18(28)29)4-2-6-14-16-12(8-33-14)23-20(31)25-16/h9-16,21H,1-8H2,(H,26,27)(H,28,29)(H2,22,24,30)(H2,23,25,31)/t9?,10?,11-,12-,13-,14-,15-,16-/m0/s1. The number of carbonyl (C=O) groups is 4. The van der Waals surface area contributed by atoms with Gasteiger partial charge in [-0.15, -0.1) is 0 Å². The van der Waals surface area contributed by atoms with E-state index in [0.717, 1.165) is 24.3 Å². The van der Waals surface area contributed by atoms with Gasteiger partial charge in [-0.2, -0.15) is 23.5 Å². The number of carbonyl (C=O) groups excluding carboxylic acids is 2. The van der Waals surface area contributed by atoms with Crippen LogP contribution in [0.15, 0.2) is 0 Å². The van der Waals surface area contributed by atoms with Gasteiger partial charge in [-0.05, 0) is 25.7 Å². The van der Waals surface area contributed by atoms with Crippen molar-refractivity contribution in [2.45, 2.75) is 85.3 Å². The smallest absolute Gasteiger partial charge is 0.320 e. The van der Waals surface area contributed by atoms with E-state index in [1.165, 1.54) is 0 Å². The Morgan fingerprint density at radius 1 is 0.818 bits per heavy atom. The predicted molar refractivity (Wildman–Crippen MR) is 125 cm³/mol. The van der Waals surface area contributed by atoms with Gasteiger partial charge >= 0.3 is 24.0 Å². The molecular formula is C20H31N5O6S2. The number of fused-ring (bicyclic) bond motifs is 2. The molecule has 0 aromatic carbocycles. The van der Waals surface area contributed by atoms with Crippen LogP contribution in [0.2, 0.25) is 0 Å². The van der Waals surface area contributed by atoms with Gasteiger partial charge < -0.3 is 31.5 Å². The van der Waals surface area contributed by atoms with Crippen LogP contribution >= 0.6 is 23.5 Å². The summed E-state index contributed by atoms with van der Waals surface area (Å²) >= 11 is 3.55. The van der Waals surface area contributed by atoms with Gasteiger partial charge in [-0.3, -0.25) is 14.9 Å². The molecule has 0 aromatic rings. The molecule has 4 heterocycles. The Labute approximate surface area is 200 Å². The third kappa shape index (κ3) is 5.80. The summed E-state index contributed by atoms with van der Waals surface area (Å²) in [6.07, 6.45) is 3.43. The van der Waals surface area contributed by atoms with E-state index in [4.69, 9.17) is 0 Å². The molecule has 184 valence electrons. The molecule has 4 aliphatic rings. The number of aliphatic carboxylic acids is 2. The van der Waals surface area contributed by atoms with Crippen LogP contribution in [0.1, 0.15) is 38.5 Å². The molecule has 4 fully saturated rings. The molecule has 0 spiro atoms. The van der Waals surface area contributed by atoms with E-state index in [9.17, 15) is 29.4 Å². The van der Waals surface area contributed by atoms with Crippen molar-refractivity contribution in [1.82, 2.24) is 26.6 Å². The minimum Gasteiger partial charge on any atom is -0.480 e. The summed E-state index contributed by atoms with van der Waals surface area (Å²) in [5, 5.41) is 34.2. The number of nitrogens with one attached hydrogen (secondary N) is 5. The minimum atomic E-state index is -1.05. The number of rotatable bonds is 12. The van der Waals surface area contributed by atoms with Crippen LogP contribution in [0.3, 0.4) is 0 Å². The molecule has 4 aliphatic heterocycles. The quantitative estimate of drug-likeness (QED) is 0.184. The average Bonchev–Trinajstić information content (AvgIpc) is 3.48. The van der Waals surface area contributed by atoms with Gasteiger partial charge in [0.25, 0.3) is 0 Å². The van der Waals surface area contributed by atoms with Crippen LogP contribution in [-0.2, 0) is 9.59 Å². The van der Waals surface area contributed by atoms with Gasteiger partial charge in [0.05, 0.1) is 24.2 Å². The molecule has 11 nitrogen and oxygen atoms in total. The van der Waals surface area contributed by atoms with Crippen molar-refractivity contribution in [1.29, 1.82) is 0 Å². The third-order valence-electron chi connectivity index (χ3n) is 6.84. The van der Waals surface area contributed by atoms with E-state index in [2.05, 4.69) is 26.6 Å². The van der Waals surface area contributed by atoms with Crippen molar-refractivity contribution < 1.29 is 29.4 Å². The summed E-state index contributed by atoms with van der Waals surface area (Å²) in [5.41, 5.74) is 0. The molecule has 13 heteroatoms. The molecule has 0 aliphatic carbocycles. The number of amides is 4. The Morgan fingerprint density at radius 2 is 1.24 bits per heavy atom. The first kappa shape index (κ1) is 24.3. The van der Waals surface area contributed by atoms with E-state index in [1.807, 2.05) is 0 Å². The highest BCUT2D eigenvalue weighted by molar-refractivity contribution is 8.00. The average molecular weight is 502 g/mol. The third-order valence-corrected chi connectivity index (χ3v) is 9.86. The molecule has 4 rings (SSSR count). The summed E-state index contributed by atoms with van der Waals surface area (Å²) in [6, 6.07) is -1.79. The first-order chi connectivity index (χ1) is 15.8. The second-order valence-corrected chi connectivity index (χ2v) is 11.6. The SMILES string of the molecule is O=C1N[C@H]2[C@H](CS[C@H]2CCCC(NC(CCC[C@@H]2SC[C@@H]3NC(=O)N[C@@H]32)C(=O)O)C(=O)O)N1. The Balaban J connectivity index is 1.21. The lowest BCUT2D eigenvalue weighted by molar-refractivity contribution is -0.142. The highest BCUT2D eigenvalue weighted by atomic mass is 32.2. The number of hydrogen-bond acceptors (Lipinski definition) is 7. The molecule has 0 bridgehead atoms. The Kier molecular flexibility index (Phi) is 7.80. The molecule has 0 aromatic heterocycles. The van der Waals surface area contributed by atoms with E-state index in [1.54, 1.807) is 23.5 Å². The summed E-state index contributed by atoms with van der Waals surface area (Å²) in [4.78, 5) is 46.5. The number of urea groups is 2. The van der Waals surface area contributed by atoms with Gasteiger partial charge in [0.1, 0.15) is 12.1 Å². The lowest BCUT2D eigenvalue weighted by Crippen LogP contribution is -2.47. The number of carboxylic acids is 2. The molecule has 33 heavy (non-hydrogen) atoms. The van der Waals surface area contributed by atoms with Crippen molar-refractivity contribution in [3.8, 4) is 0 Å². The Bertz CT molecular complexity index is 726. The van der Waals surface area contributed by atoms with E-state index in [0.29, 0.717) is 25.7 Å². The molecule has 0 radical (unpaired) electrons. The van der Waals surface area contributed by atoms with Crippen molar-refractivity contribution in [2.24, 2.45) is 0 Å². The molecule has 8 atom stereocenters. The summed E-state index contributed by atoms with van der Waals surface area (Å²) in [6.45, 7) is 0.